The van der Waals surface area contributed by atoms with Gasteiger partial charge in [-0.2, -0.15) is 0 Å². The minimum absolute atomic E-state index is 0.0777. The van der Waals surface area contributed by atoms with E-state index in [9.17, 15) is 0 Å². The normalized spacial score (nSPS) is 12.8. The molecule has 0 saturated carbocycles. The first kappa shape index (κ1) is 19.3. The van der Waals surface area contributed by atoms with Crippen LogP contribution in [0.2, 0.25) is 10.0 Å². The summed E-state index contributed by atoms with van der Waals surface area (Å²) in [5, 5.41) is 4.37. The molecule has 27 heavy (non-hydrogen) atoms. The van der Waals surface area contributed by atoms with Crippen molar-refractivity contribution in [3.63, 3.8) is 0 Å². The Morgan fingerprint density at radius 1 is 1.22 bits per heavy atom. The summed E-state index contributed by atoms with van der Waals surface area (Å²) in [4.78, 5) is 8.50. The summed E-state index contributed by atoms with van der Waals surface area (Å²) >= 11 is 12.2. The summed E-state index contributed by atoms with van der Waals surface area (Å²) in [5.41, 5.74) is 9.24. The topological polar surface area (TPSA) is 68.2 Å². The van der Waals surface area contributed by atoms with E-state index in [1.54, 1.807) is 24.7 Å². The van der Waals surface area contributed by atoms with Crippen molar-refractivity contribution in [3.8, 4) is 0 Å². The van der Waals surface area contributed by atoms with Gasteiger partial charge in [-0.1, -0.05) is 53.5 Å². The average Bonchev–Trinajstić information content (AvgIpc) is 3.13. The van der Waals surface area contributed by atoms with E-state index in [1.807, 2.05) is 35.9 Å². The number of nitrogens with two attached hydrogens (primary N) is 1. The standard InChI is InChI=1S/C20H21Cl2N5/c1-14(18-6-5-17(21)10-19(18)22)26-20(23)25-11-15-3-2-4-16(9-15)12-27-8-7-24-13-27/h2-10,13-14H,11-12H2,1H3,(H3,23,25,26). The summed E-state index contributed by atoms with van der Waals surface area (Å²) in [6.45, 7) is 3.25. The van der Waals surface area contributed by atoms with Gasteiger partial charge in [-0.3, -0.25) is 0 Å². The fourth-order valence-electron chi connectivity index (χ4n) is 2.79. The van der Waals surface area contributed by atoms with E-state index in [1.165, 1.54) is 5.56 Å². The maximum absolute atomic E-state index is 6.24. The number of guanidine groups is 1. The molecule has 0 bridgehead atoms. The van der Waals surface area contributed by atoms with Crippen molar-refractivity contribution in [2.75, 3.05) is 0 Å². The van der Waals surface area contributed by atoms with Crippen LogP contribution in [0.4, 0.5) is 0 Å². The molecule has 7 heteroatoms. The number of rotatable bonds is 6. The SMILES string of the molecule is CC(NC(N)=NCc1cccc(Cn2ccnc2)c1)c1ccc(Cl)cc1Cl. The molecule has 3 N–H and O–H groups in total. The Hall–Kier alpha value is -2.50. The molecule has 0 aliphatic heterocycles. The quantitative estimate of drug-likeness (QED) is 0.474. The summed E-state index contributed by atoms with van der Waals surface area (Å²) in [6, 6.07) is 13.6. The second-order valence-corrected chi connectivity index (χ2v) is 7.13. The Morgan fingerprint density at radius 2 is 2.04 bits per heavy atom. The number of aliphatic imine (C=N–C) groups is 1. The van der Waals surface area contributed by atoms with Crippen LogP contribution in [0.3, 0.4) is 0 Å². The first-order valence-corrected chi connectivity index (χ1v) is 9.32. The van der Waals surface area contributed by atoms with Crippen LogP contribution in [0.5, 0.6) is 0 Å². The molecule has 0 amide bonds. The highest BCUT2D eigenvalue weighted by molar-refractivity contribution is 6.35. The second-order valence-electron chi connectivity index (χ2n) is 6.29. The van der Waals surface area contributed by atoms with Crippen molar-refractivity contribution in [1.82, 2.24) is 14.9 Å². The molecular formula is C20H21Cl2N5. The zero-order valence-corrected chi connectivity index (χ0v) is 16.5. The first-order chi connectivity index (χ1) is 13.0. The molecule has 1 aromatic heterocycles. The number of aromatic nitrogens is 2. The maximum Gasteiger partial charge on any atom is 0.189 e. The number of hydrogen-bond acceptors (Lipinski definition) is 2. The lowest BCUT2D eigenvalue weighted by Gasteiger charge is -2.16. The number of hydrogen-bond donors (Lipinski definition) is 2. The molecule has 2 aromatic carbocycles. The van der Waals surface area contributed by atoms with Gasteiger partial charge < -0.3 is 15.6 Å². The molecule has 0 aliphatic carbocycles. The van der Waals surface area contributed by atoms with E-state index in [2.05, 4.69) is 27.4 Å². The Morgan fingerprint density at radius 3 is 2.78 bits per heavy atom. The summed E-state index contributed by atoms with van der Waals surface area (Å²) in [7, 11) is 0. The third-order valence-electron chi connectivity index (χ3n) is 4.14. The highest BCUT2D eigenvalue weighted by atomic mass is 35.5. The van der Waals surface area contributed by atoms with Crippen LogP contribution in [0, 0.1) is 0 Å². The molecule has 0 saturated heterocycles. The summed E-state index contributed by atoms with van der Waals surface area (Å²) < 4.78 is 2.02. The number of halogens is 2. The van der Waals surface area contributed by atoms with Gasteiger partial charge in [0.05, 0.1) is 18.9 Å². The summed E-state index contributed by atoms with van der Waals surface area (Å²) in [6.07, 6.45) is 5.51. The van der Waals surface area contributed by atoms with Crippen LogP contribution in [0.25, 0.3) is 0 Å². The third kappa shape index (κ3) is 5.49. The highest BCUT2D eigenvalue weighted by Gasteiger charge is 2.10. The van der Waals surface area contributed by atoms with Gasteiger partial charge >= 0.3 is 0 Å². The summed E-state index contributed by atoms with van der Waals surface area (Å²) in [5.74, 6) is 0.369. The molecule has 1 atom stereocenters. The van der Waals surface area contributed by atoms with E-state index < -0.39 is 0 Å². The van der Waals surface area contributed by atoms with E-state index in [-0.39, 0.29) is 6.04 Å². The highest BCUT2D eigenvalue weighted by Crippen LogP contribution is 2.25. The van der Waals surface area contributed by atoms with Gasteiger partial charge in [-0.25, -0.2) is 9.98 Å². The van der Waals surface area contributed by atoms with Crippen molar-refractivity contribution in [1.29, 1.82) is 0 Å². The fourth-order valence-corrected chi connectivity index (χ4v) is 3.36. The molecule has 5 nitrogen and oxygen atoms in total. The molecule has 3 aromatic rings. The zero-order valence-electron chi connectivity index (χ0n) is 14.9. The van der Waals surface area contributed by atoms with E-state index in [0.717, 1.165) is 17.7 Å². The van der Waals surface area contributed by atoms with E-state index in [4.69, 9.17) is 28.9 Å². The van der Waals surface area contributed by atoms with Gasteiger partial charge in [0.2, 0.25) is 0 Å². The van der Waals surface area contributed by atoms with Gasteiger partial charge in [0, 0.05) is 29.0 Å². The smallest absolute Gasteiger partial charge is 0.189 e. The lowest BCUT2D eigenvalue weighted by Crippen LogP contribution is -2.34. The number of nitrogens with zero attached hydrogens (tertiary/aromatic N) is 3. The first-order valence-electron chi connectivity index (χ1n) is 8.56. The van der Waals surface area contributed by atoms with Crippen LogP contribution in [0.1, 0.15) is 29.7 Å². The molecule has 0 spiro atoms. The van der Waals surface area contributed by atoms with Crippen molar-refractivity contribution < 1.29 is 0 Å². The van der Waals surface area contributed by atoms with Gasteiger partial charge in [0.15, 0.2) is 5.96 Å². The van der Waals surface area contributed by atoms with Crippen molar-refractivity contribution in [2.45, 2.75) is 26.1 Å². The minimum Gasteiger partial charge on any atom is -0.370 e. The minimum atomic E-state index is -0.0777. The predicted molar refractivity (Wildman–Crippen MR) is 111 cm³/mol. The van der Waals surface area contributed by atoms with E-state index >= 15 is 0 Å². The van der Waals surface area contributed by atoms with Crippen molar-refractivity contribution in [2.24, 2.45) is 10.7 Å². The fraction of sp³-hybridized carbons (Fsp3) is 0.200. The van der Waals surface area contributed by atoms with Crippen molar-refractivity contribution >= 4 is 29.2 Å². The van der Waals surface area contributed by atoms with Crippen LogP contribution in [0.15, 0.2) is 66.2 Å². The molecule has 140 valence electrons. The van der Waals surface area contributed by atoms with Crippen LogP contribution < -0.4 is 11.1 Å². The van der Waals surface area contributed by atoms with Crippen LogP contribution in [-0.2, 0) is 13.1 Å². The van der Waals surface area contributed by atoms with Gasteiger partial charge in [-0.05, 0) is 35.7 Å². The average molecular weight is 402 g/mol. The molecule has 1 heterocycles. The van der Waals surface area contributed by atoms with Gasteiger partial charge in [-0.15, -0.1) is 0 Å². The predicted octanol–water partition coefficient (Wildman–Crippen LogP) is 4.40. The third-order valence-corrected chi connectivity index (χ3v) is 4.70. The Labute approximate surface area is 168 Å². The van der Waals surface area contributed by atoms with Crippen molar-refractivity contribution in [3.05, 3.63) is 87.9 Å². The number of benzene rings is 2. The molecular weight excluding hydrogens is 381 g/mol. The van der Waals surface area contributed by atoms with Gasteiger partial charge in [0.1, 0.15) is 0 Å². The molecule has 0 fully saturated rings. The zero-order chi connectivity index (χ0) is 19.2. The Kier molecular flexibility index (Phi) is 6.37. The van der Waals surface area contributed by atoms with E-state index in [0.29, 0.717) is 22.5 Å². The molecule has 0 radical (unpaired) electrons. The number of imidazole rings is 1. The molecule has 0 aliphatic rings. The lowest BCUT2D eigenvalue weighted by molar-refractivity contribution is 0.708. The maximum atomic E-state index is 6.24. The Balaban J connectivity index is 1.61. The second kappa shape index (κ2) is 8.93. The monoisotopic (exact) mass is 401 g/mol. The van der Waals surface area contributed by atoms with Crippen LogP contribution in [-0.4, -0.2) is 15.5 Å². The lowest BCUT2D eigenvalue weighted by atomic mass is 10.1. The van der Waals surface area contributed by atoms with Crippen LogP contribution >= 0.6 is 23.2 Å². The van der Waals surface area contributed by atoms with Gasteiger partial charge in [0.25, 0.3) is 0 Å². The number of nitrogens with one attached hydrogen (secondary N) is 1. The molecule has 1 unspecified atom stereocenters. The largest absolute Gasteiger partial charge is 0.370 e. The Bertz CT molecular complexity index is 922. The molecule has 3 rings (SSSR count).